The number of alkyl halides is 2. The number of carbonyl (C=O) groups is 2. The molecule has 7 nitrogen and oxygen atoms in total. The molecule has 0 bridgehead atoms. The lowest BCUT2D eigenvalue weighted by atomic mass is 10.1. The molecule has 1 heterocycles. The summed E-state index contributed by atoms with van der Waals surface area (Å²) in [6.45, 7) is -2.97. The van der Waals surface area contributed by atoms with Crippen LogP contribution in [-0.2, 0) is 9.53 Å². The molecule has 0 aromatic heterocycles. The van der Waals surface area contributed by atoms with E-state index in [2.05, 4.69) is 4.74 Å². The molecule has 0 spiro atoms. The average molecular weight is 359 g/mol. The van der Waals surface area contributed by atoms with Gasteiger partial charge in [-0.1, -0.05) is 6.07 Å². The number of likely N-dealkylation sites (tertiary alicyclic amines) is 1. The van der Waals surface area contributed by atoms with Gasteiger partial charge in [0.2, 0.25) is 0 Å². The normalized spacial score (nSPS) is 20.0. The van der Waals surface area contributed by atoms with Gasteiger partial charge in [-0.05, 0) is 18.6 Å². The van der Waals surface area contributed by atoms with Gasteiger partial charge >= 0.3 is 12.6 Å². The summed E-state index contributed by atoms with van der Waals surface area (Å²) in [7, 11) is 2.74. The summed E-state index contributed by atoms with van der Waals surface area (Å²) in [5, 5.41) is 9.04. The quantitative estimate of drug-likeness (QED) is 0.802. The van der Waals surface area contributed by atoms with Crippen LogP contribution in [0.1, 0.15) is 23.2 Å². The third kappa shape index (κ3) is 4.36. The summed E-state index contributed by atoms with van der Waals surface area (Å²) < 4.78 is 40.1. The van der Waals surface area contributed by atoms with Gasteiger partial charge in [0.1, 0.15) is 0 Å². The van der Waals surface area contributed by atoms with Gasteiger partial charge in [0.05, 0.1) is 25.2 Å². The van der Waals surface area contributed by atoms with E-state index in [9.17, 15) is 18.4 Å². The molecule has 0 saturated carbocycles. The number of para-hydroxylation sites is 1. The summed E-state index contributed by atoms with van der Waals surface area (Å²) in [6.07, 6.45) is -0.233. The third-order valence-corrected chi connectivity index (χ3v) is 4.02. The van der Waals surface area contributed by atoms with Crippen molar-refractivity contribution in [2.45, 2.75) is 31.6 Å². The first-order valence-corrected chi connectivity index (χ1v) is 7.54. The molecule has 9 heteroatoms. The number of nitrogens with zero attached hydrogens (tertiary/aromatic N) is 1. The van der Waals surface area contributed by atoms with E-state index in [1.807, 2.05) is 0 Å². The molecular weight excluding hydrogens is 340 g/mol. The summed E-state index contributed by atoms with van der Waals surface area (Å²) in [4.78, 5) is 25.2. The number of amides is 1. The maximum Gasteiger partial charge on any atom is 0.387 e. The molecule has 25 heavy (non-hydrogen) atoms. The van der Waals surface area contributed by atoms with Crippen LogP contribution in [0.5, 0.6) is 11.5 Å². The molecule has 0 aliphatic carbocycles. The maximum absolute atomic E-state index is 12.9. The van der Waals surface area contributed by atoms with Crippen LogP contribution in [-0.4, -0.2) is 61.4 Å². The Morgan fingerprint density at radius 2 is 2.08 bits per heavy atom. The number of hydrogen-bond donors (Lipinski definition) is 1. The van der Waals surface area contributed by atoms with Crippen molar-refractivity contribution in [1.82, 2.24) is 4.90 Å². The lowest BCUT2D eigenvalue weighted by Gasteiger charge is -2.24. The second-order valence-corrected chi connectivity index (χ2v) is 5.52. The van der Waals surface area contributed by atoms with Gasteiger partial charge in [-0.25, -0.2) is 0 Å². The fourth-order valence-electron chi connectivity index (χ4n) is 2.90. The molecule has 1 aliphatic heterocycles. The molecule has 1 fully saturated rings. The molecule has 1 aromatic rings. The van der Waals surface area contributed by atoms with E-state index >= 15 is 0 Å². The first kappa shape index (κ1) is 18.9. The van der Waals surface area contributed by atoms with Crippen molar-refractivity contribution >= 4 is 11.9 Å². The predicted molar refractivity (Wildman–Crippen MR) is 82.1 cm³/mol. The van der Waals surface area contributed by atoms with Gasteiger partial charge in [0.25, 0.3) is 5.91 Å². The minimum Gasteiger partial charge on any atom is -0.493 e. The van der Waals surface area contributed by atoms with E-state index in [0.717, 1.165) is 0 Å². The Hall–Kier alpha value is -2.42. The number of carboxylic acid groups (broad SMARTS) is 1. The number of rotatable bonds is 7. The van der Waals surface area contributed by atoms with E-state index in [4.69, 9.17) is 14.6 Å². The zero-order valence-corrected chi connectivity index (χ0v) is 13.8. The van der Waals surface area contributed by atoms with Crippen LogP contribution in [0.25, 0.3) is 0 Å². The fourth-order valence-corrected chi connectivity index (χ4v) is 2.90. The molecule has 2 rings (SSSR count). The highest BCUT2D eigenvalue weighted by Gasteiger charge is 2.38. The van der Waals surface area contributed by atoms with Crippen LogP contribution in [0.3, 0.4) is 0 Å². The van der Waals surface area contributed by atoms with Crippen LogP contribution in [0.4, 0.5) is 8.78 Å². The molecule has 1 aliphatic rings. The Kier molecular flexibility index (Phi) is 6.13. The molecular formula is C16H19F2NO6. The number of methoxy groups -OCH3 is 2. The summed E-state index contributed by atoms with van der Waals surface area (Å²) in [6, 6.07) is 3.60. The number of hydrogen-bond acceptors (Lipinski definition) is 5. The Morgan fingerprint density at radius 1 is 1.36 bits per heavy atom. The maximum atomic E-state index is 12.9. The van der Waals surface area contributed by atoms with Gasteiger partial charge in [-0.3, -0.25) is 9.59 Å². The van der Waals surface area contributed by atoms with Crippen LogP contribution in [0.2, 0.25) is 0 Å². The fraction of sp³-hybridized carbons (Fsp3) is 0.500. The zero-order valence-electron chi connectivity index (χ0n) is 13.8. The highest BCUT2D eigenvalue weighted by atomic mass is 19.3. The third-order valence-electron chi connectivity index (χ3n) is 4.02. The zero-order chi connectivity index (χ0) is 18.6. The number of ether oxygens (including phenoxy) is 3. The average Bonchev–Trinajstić information content (AvgIpc) is 2.96. The van der Waals surface area contributed by atoms with Crippen molar-refractivity contribution in [3.8, 4) is 11.5 Å². The molecule has 1 N–H and O–H groups in total. The highest BCUT2D eigenvalue weighted by molar-refractivity contribution is 5.98. The SMILES string of the molecule is COc1cccc(C(=O)N2CC(OC)CC2CC(=O)O)c1OC(F)F. The minimum atomic E-state index is -3.14. The van der Waals surface area contributed by atoms with Crippen molar-refractivity contribution in [3.05, 3.63) is 23.8 Å². The number of halogens is 2. The Bertz CT molecular complexity index is 639. The van der Waals surface area contributed by atoms with Crippen LogP contribution in [0.15, 0.2) is 18.2 Å². The van der Waals surface area contributed by atoms with E-state index in [1.165, 1.54) is 37.3 Å². The highest BCUT2D eigenvalue weighted by Crippen LogP contribution is 2.35. The monoisotopic (exact) mass is 359 g/mol. The molecule has 138 valence electrons. The molecule has 0 radical (unpaired) electrons. The minimum absolute atomic E-state index is 0.0107. The van der Waals surface area contributed by atoms with Crippen molar-refractivity contribution in [3.63, 3.8) is 0 Å². The lowest BCUT2D eigenvalue weighted by Crippen LogP contribution is -2.37. The van der Waals surface area contributed by atoms with Gasteiger partial charge in [-0.15, -0.1) is 0 Å². The van der Waals surface area contributed by atoms with Crippen LogP contribution in [0, 0.1) is 0 Å². The first-order valence-electron chi connectivity index (χ1n) is 7.54. The number of carboxylic acids is 1. The van der Waals surface area contributed by atoms with Crippen molar-refractivity contribution in [2.75, 3.05) is 20.8 Å². The lowest BCUT2D eigenvalue weighted by molar-refractivity contribution is -0.138. The summed E-state index contributed by atoms with van der Waals surface area (Å²) in [5.41, 5.74) is -0.119. The van der Waals surface area contributed by atoms with Crippen LogP contribution < -0.4 is 9.47 Å². The van der Waals surface area contributed by atoms with Crippen molar-refractivity contribution < 1.29 is 37.7 Å². The molecule has 1 saturated heterocycles. The largest absolute Gasteiger partial charge is 0.493 e. The number of carbonyl (C=O) groups excluding carboxylic acids is 1. The molecule has 2 atom stereocenters. The summed E-state index contributed by atoms with van der Waals surface area (Å²) in [5.74, 6) is -2.06. The molecule has 1 amide bonds. The van der Waals surface area contributed by atoms with E-state index in [-0.39, 0.29) is 36.1 Å². The second kappa shape index (κ2) is 8.11. The Morgan fingerprint density at radius 3 is 2.64 bits per heavy atom. The summed E-state index contributed by atoms with van der Waals surface area (Å²) >= 11 is 0. The van der Waals surface area contributed by atoms with Crippen molar-refractivity contribution in [1.29, 1.82) is 0 Å². The number of aliphatic carboxylic acids is 1. The van der Waals surface area contributed by atoms with Gasteiger partial charge in [0.15, 0.2) is 11.5 Å². The molecule has 2 unspecified atom stereocenters. The van der Waals surface area contributed by atoms with Crippen molar-refractivity contribution in [2.24, 2.45) is 0 Å². The Labute approximate surface area is 143 Å². The smallest absolute Gasteiger partial charge is 0.387 e. The second-order valence-electron chi connectivity index (χ2n) is 5.52. The topological polar surface area (TPSA) is 85.3 Å². The number of benzene rings is 1. The van der Waals surface area contributed by atoms with E-state index in [0.29, 0.717) is 6.42 Å². The predicted octanol–water partition coefficient (Wildman–Crippen LogP) is 2.00. The van der Waals surface area contributed by atoms with E-state index < -0.39 is 24.5 Å². The standard InChI is InChI=1S/C16H19F2NO6/c1-23-10-6-9(7-13(20)21)19(8-10)15(22)11-4-3-5-12(24-2)14(11)25-16(17)18/h3-5,9-10,16H,6-8H2,1-2H3,(H,20,21). The molecule has 1 aromatic carbocycles. The van der Waals surface area contributed by atoms with E-state index in [1.54, 1.807) is 0 Å². The van der Waals surface area contributed by atoms with Gasteiger partial charge in [0, 0.05) is 19.7 Å². The van der Waals surface area contributed by atoms with Gasteiger partial charge in [-0.2, -0.15) is 8.78 Å². The Balaban J connectivity index is 2.36. The first-order chi connectivity index (χ1) is 11.9. The van der Waals surface area contributed by atoms with Crippen LogP contribution >= 0.6 is 0 Å². The van der Waals surface area contributed by atoms with Gasteiger partial charge < -0.3 is 24.2 Å².